The summed E-state index contributed by atoms with van der Waals surface area (Å²) in [6.07, 6.45) is 19.5. The lowest BCUT2D eigenvalue weighted by Gasteiger charge is -2.52. The first kappa shape index (κ1) is 22.0. The van der Waals surface area contributed by atoms with Gasteiger partial charge < -0.3 is 0 Å². The number of hydrogen-bond acceptors (Lipinski definition) is 1. The van der Waals surface area contributed by atoms with Crippen LogP contribution in [0.1, 0.15) is 80.1 Å². The highest BCUT2D eigenvalue weighted by molar-refractivity contribution is 5.91. The zero-order valence-corrected chi connectivity index (χ0v) is 18.4. The first-order valence-electron chi connectivity index (χ1n) is 11.5. The molecule has 0 amide bonds. The second kappa shape index (κ2) is 9.27. The highest BCUT2D eigenvalue weighted by Gasteiger charge is 2.58. The van der Waals surface area contributed by atoms with Crippen LogP contribution in [0.4, 0.5) is 0 Å². The highest BCUT2D eigenvalue weighted by Crippen LogP contribution is 2.65. The molecule has 7 atom stereocenters. The molecule has 4 aliphatic carbocycles. The Labute approximate surface area is 168 Å². The monoisotopic (exact) mass is 368 g/mol. The summed E-state index contributed by atoms with van der Waals surface area (Å²) in [5.41, 5.74) is 1.68. The lowest BCUT2D eigenvalue weighted by atomic mass is 9.51. The van der Waals surface area contributed by atoms with E-state index in [1.54, 1.807) is 0 Å². The van der Waals surface area contributed by atoms with Crippen LogP contribution in [0.2, 0.25) is 0 Å². The average Bonchev–Trinajstić information content (AvgIpc) is 3.02. The van der Waals surface area contributed by atoms with Gasteiger partial charge in [0, 0.05) is 12.3 Å². The van der Waals surface area contributed by atoms with Crippen LogP contribution in [0.3, 0.4) is 0 Å². The fourth-order valence-corrected chi connectivity index (χ4v) is 6.80. The second-order valence-electron chi connectivity index (χ2n) is 8.45. The Balaban J connectivity index is 0.000000614. The minimum absolute atomic E-state index is 0.319. The van der Waals surface area contributed by atoms with Crippen molar-refractivity contribution >= 4 is 5.78 Å². The SMILES string of the molecule is C#CC1C(C)CC2C3C=CC4=CC(=O)CCC4C3CCC12CC.CC.CC. The van der Waals surface area contributed by atoms with Crippen LogP contribution in [0.25, 0.3) is 0 Å². The molecule has 0 aromatic rings. The van der Waals surface area contributed by atoms with Gasteiger partial charge in [0.1, 0.15) is 0 Å². The zero-order chi connectivity index (χ0) is 20.2. The lowest BCUT2D eigenvalue weighted by molar-refractivity contribution is -0.115. The minimum Gasteiger partial charge on any atom is -0.295 e. The van der Waals surface area contributed by atoms with E-state index < -0.39 is 0 Å². The predicted molar refractivity (Wildman–Crippen MR) is 116 cm³/mol. The molecule has 150 valence electrons. The maximum absolute atomic E-state index is 11.8. The van der Waals surface area contributed by atoms with E-state index in [1.165, 1.54) is 31.3 Å². The lowest BCUT2D eigenvalue weighted by Crippen LogP contribution is -2.46. The second-order valence-corrected chi connectivity index (χ2v) is 8.45. The van der Waals surface area contributed by atoms with Gasteiger partial charge in [-0.2, -0.15) is 0 Å². The van der Waals surface area contributed by atoms with Crippen LogP contribution in [0.15, 0.2) is 23.8 Å². The molecule has 0 bridgehead atoms. The molecule has 7 unspecified atom stereocenters. The number of terminal acetylenes is 1. The standard InChI is InChI=1S/C22H28O.2C2H6/c1-4-20-14(3)12-21-19-8-6-15-13-16(23)7-9-17(15)18(19)10-11-22(20,21)5-2;2*1-2/h1,6,8,13-14,17-21H,5,7,9-12H2,2-3H3;2*1-2H3. The van der Waals surface area contributed by atoms with E-state index in [-0.39, 0.29) is 0 Å². The molecule has 0 spiro atoms. The van der Waals surface area contributed by atoms with E-state index in [9.17, 15) is 4.79 Å². The Morgan fingerprint density at radius 1 is 1.22 bits per heavy atom. The van der Waals surface area contributed by atoms with E-state index >= 15 is 0 Å². The van der Waals surface area contributed by atoms with Crippen molar-refractivity contribution in [2.45, 2.75) is 80.1 Å². The summed E-state index contributed by atoms with van der Waals surface area (Å²) in [6.45, 7) is 12.7. The molecule has 2 fully saturated rings. The molecule has 0 saturated heterocycles. The summed E-state index contributed by atoms with van der Waals surface area (Å²) in [7, 11) is 0. The number of rotatable bonds is 1. The van der Waals surface area contributed by atoms with Crippen molar-refractivity contribution in [3.05, 3.63) is 23.8 Å². The van der Waals surface area contributed by atoms with Crippen molar-refractivity contribution in [3.8, 4) is 12.3 Å². The molecule has 2 saturated carbocycles. The fourth-order valence-electron chi connectivity index (χ4n) is 6.80. The van der Waals surface area contributed by atoms with Gasteiger partial charge in [0.2, 0.25) is 0 Å². The van der Waals surface area contributed by atoms with Gasteiger partial charge in [-0.25, -0.2) is 0 Å². The van der Waals surface area contributed by atoms with E-state index in [0.717, 1.165) is 24.7 Å². The average molecular weight is 369 g/mol. The maximum Gasteiger partial charge on any atom is 0.155 e. The summed E-state index contributed by atoms with van der Waals surface area (Å²) >= 11 is 0. The van der Waals surface area contributed by atoms with Crippen molar-refractivity contribution in [1.29, 1.82) is 0 Å². The minimum atomic E-state index is 0.319. The molecule has 1 nitrogen and oxygen atoms in total. The number of hydrogen-bond donors (Lipinski definition) is 0. The summed E-state index contributed by atoms with van der Waals surface area (Å²) in [4.78, 5) is 11.8. The van der Waals surface area contributed by atoms with E-state index in [2.05, 4.69) is 31.9 Å². The highest BCUT2D eigenvalue weighted by atomic mass is 16.1. The van der Waals surface area contributed by atoms with Crippen molar-refractivity contribution in [1.82, 2.24) is 0 Å². The van der Waals surface area contributed by atoms with Gasteiger partial charge in [0.15, 0.2) is 5.78 Å². The molecule has 0 heterocycles. The topological polar surface area (TPSA) is 17.1 Å². The number of fused-ring (bicyclic) bond motifs is 5. The Morgan fingerprint density at radius 3 is 2.56 bits per heavy atom. The van der Waals surface area contributed by atoms with Crippen LogP contribution in [0, 0.1) is 53.3 Å². The van der Waals surface area contributed by atoms with E-state index in [0.29, 0.717) is 34.9 Å². The summed E-state index contributed by atoms with van der Waals surface area (Å²) < 4.78 is 0. The number of carbonyl (C=O) groups excluding carboxylic acids is 1. The first-order chi connectivity index (χ1) is 13.1. The van der Waals surface area contributed by atoms with E-state index in [4.69, 9.17) is 6.42 Å². The van der Waals surface area contributed by atoms with Crippen LogP contribution in [-0.4, -0.2) is 5.78 Å². The molecule has 0 aromatic heterocycles. The quantitative estimate of drug-likeness (QED) is 0.463. The number of allylic oxidation sites excluding steroid dienone is 4. The van der Waals surface area contributed by atoms with Crippen LogP contribution in [0.5, 0.6) is 0 Å². The largest absolute Gasteiger partial charge is 0.295 e. The normalized spacial score (nSPS) is 41.4. The third kappa shape index (κ3) is 3.57. The van der Waals surface area contributed by atoms with Gasteiger partial charge >= 0.3 is 0 Å². The van der Waals surface area contributed by atoms with Crippen molar-refractivity contribution in [3.63, 3.8) is 0 Å². The molecule has 4 rings (SSSR count). The molecule has 1 heteroatoms. The zero-order valence-electron chi connectivity index (χ0n) is 18.4. The van der Waals surface area contributed by atoms with Gasteiger partial charge in [0.25, 0.3) is 0 Å². The first-order valence-corrected chi connectivity index (χ1v) is 11.5. The van der Waals surface area contributed by atoms with Crippen LogP contribution >= 0.6 is 0 Å². The Hall–Kier alpha value is -1.29. The third-order valence-electron chi connectivity index (χ3n) is 7.78. The number of ketones is 1. The molecular weight excluding hydrogens is 328 g/mol. The molecule has 0 N–H and O–H groups in total. The summed E-state index contributed by atoms with van der Waals surface area (Å²) in [5.74, 6) is 7.41. The summed E-state index contributed by atoms with van der Waals surface area (Å²) in [6, 6.07) is 0. The van der Waals surface area contributed by atoms with Crippen molar-refractivity contribution in [2.75, 3.05) is 0 Å². The van der Waals surface area contributed by atoms with Gasteiger partial charge in [-0.3, -0.25) is 4.79 Å². The fraction of sp³-hybridized carbons (Fsp3) is 0.731. The molecule has 4 aliphatic rings. The molecule has 0 aromatic carbocycles. The van der Waals surface area contributed by atoms with Crippen molar-refractivity contribution in [2.24, 2.45) is 40.9 Å². The molecule has 27 heavy (non-hydrogen) atoms. The molecular formula is C26H40O. The molecule has 0 aliphatic heterocycles. The van der Waals surface area contributed by atoms with Crippen LogP contribution < -0.4 is 0 Å². The Morgan fingerprint density at radius 2 is 1.93 bits per heavy atom. The van der Waals surface area contributed by atoms with Crippen LogP contribution in [-0.2, 0) is 4.79 Å². The number of carbonyl (C=O) groups is 1. The maximum atomic E-state index is 11.8. The Kier molecular flexibility index (Phi) is 7.55. The van der Waals surface area contributed by atoms with Gasteiger partial charge in [-0.05, 0) is 78.8 Å². The van der Waals surface area contributed by atoms with Crippen molar-refractivity contribution < 1.29 is 4.79 Å². The smallest absolute Gasteiger partial charge is 0.155 e. The Bertz CT molecular complexity index is 619. The molecule has 0 radical (unpaired) electrons. The summed E-state index contributed by atoms with van der Waals surface area (Å²) in [5, 5.41) is 0. The van der Waals surface area contributed by atoms with Gasteiger partial charge in [-0.15, -0.1) is 12.3 Å². The third-order valence-corrected chi connectivity index (χ3v) is 7.78. The predicted octanol–water partition coefficient (Wildman–Crippen LogP) is 6.84. The van der Waals surface area contributed by atoms with E-state index in [1.807, 2.05) is 33.8 Å². The van der Waals surface area contributed by atoms with Gasteiger partial charge in [-0.1, -0.05) is 53.7 Å². The van der Waals surface area contributed by atoms with Gasteiger partial charge in [0.05, 0.1) is 0 Å².